The van der Waals surface area contributed by atoms with Crippen LogP contribution in [0.25, 0.3) is 5.69 Å². The highest BCUT2D eigenvalue weighted by Gasteiger charge is 2.01. The largest absolute Gasteiger partial charge is 0.311 e. The Morgan fingerprint density at radius 3 is 2.86 bits per heavy atom. The molecular weight excluding hydrogens is 266 g/mol. The molecule has 3 rings (SSSR count). The van der Waals surface area contributed by atoms with Gasteiger partial charge in [-0.15, -0.1) is 5.10 Å². The summed E-state index contributed by atoms with van der Waals surface area (Å²) in [4.78, 5) is 1.65. The van der Waals surface area contributed by atoms with E-state index in [-0.39, 0.29) is 0 Å². The maximum atomic E-state index is 4.44. The van der Waals surface area contributed by atoms with Gasteiger partial charge in [-0.3, -0.25) is 4.68 Å². The molecule has 7 nitrogen and oxygen atoms in total. The highest BCUT2D eigenvalue weighted by molar-refractivity contribution is 5.28. The standard InChI is InChI=1S/C14H17N7/c1-2-5-14(6-3-1)21-17-12-13(18-21)11-15-7-4-9-20-10-8-16-19-20/h1-3,5-6,8,10,12,15H,4,7,9,11H2. The van der Waals surface area contributed by atoms with Crippen LogP contribution in [0.4, 0.5) is 0 Å². The first-order chi connectivity index (χ1) is 10.4. The van der Waals surface area contributed by atoms with Gasteiger partial charge < -0.3 is 5.32 Å². The Morgan fingerprint density at radius 2 is 2.05 bits per heavy atom. The second kappa shape index (κ2) is 6.76. The number of hydrogen-bond acceptors (Lipinski definition) is 5. The summed E-state index contributed by atoms with van der Waals surface area (Å²) in [6.07, 6.45) is 6.34. The van der Waals surface area contributed by atoms with Gasteiger partial charge in [0.1, 0.15) is 0 Å². The molecule has 2 heterocycles. The van der Waals surface area contributed by atoms with Crippen LogP contribution in [0.1, 0.15) is 12.1 Å². The Labute approximate surface area is 122 Å². The lowest BCUT2D eigenvalue weighted by Gasteiger charge is -2.02. The third-order valence-corrected chi connectivity index (χ3v) is 3.05. The van der Waals surface area contributed by atoms with Crippen molar-refractivity contribution in [3.63, 3.8) is 0 Å². The summed E-state index contributed by atoms with van der Waals surface area (Å²) in [6.45, 7) is 2.48. The minimum absolute atomic E-state index is 0.712. The summed E-state index contributed by atoms with van der Waals surface area (Å²) in [5, 5.41) is 19.8. The van der Waals surface area contributed by atoms with Crippen LogP contribution in [0.2, 0.25) is 0 Å². The first-order valence-corrected chi connectivity index (χ1v) is 6.93. The molecule has 0 fully saturated rings. The molecule has 0 unspecified atom stereocenters. The van der Waals surface area contributed by atoms with Crippen molar-refractivity contribution in [2.24, 2.45) is 0 Å². The van der Waals surface area contributed by atoms with Crippen molar-refractivity contribution in [2.75, 3.05) is 6.54 Å². The molecule has 2 aromatic heterocycles. The first-order valence-electron chi connectivity index (χ1n) is 6.93. The highest BCUT2D eigenvalue weighted by Crippen LogP contribution is 2.03. The van der Waals surface area contributed by atoms with Crippen LogP contribution in [0, 0.1) is 0 Å². The highest BCUT2D eigenvalue weighted by atomic mass is 15.5. The fourth-order valence-corrected chi connectivity index (χ4v) is 2.00. The van der Waals surface area contributed by atoms with Gasteiger partial charge in [0, 0.05) is 19.3 Å². The average molecular weight is 283 g/mol. The molecule has 7 heteroatoms. The average Bonchev–Trinajstić information content (AvgIpc) is 3.19. The Hall–Kier alpha value is -2.54. The van der Waals surface area contributed by atoms with Crippen molar-refractivity contribution in [3.05, 3.63) is 54.6 Å². The molecule has 0 aliphatic rings. The molecule has 0 saturated carbocycles. The van der Waals surface area contributed by atoms with Crippen molar-refractivity contribution in [2.45, 2.75) is 19.5 Å². The van der Waals surface area contributed by atoms with Gasteiger partial charge in [-0.25, -0.2) is 0 Å². The Kier molecular flexibility index (Phi) is 4.33. The van der Waals surface area contributed by atoms with Gasteiger partial charge in [-0.2, -0.15) is 15.0 Å². The number of hydrogen-bond donors (Lipinski definition) is 1. The zero-order chi connectivity index (χ0) is 14.3. The number of rotatable bonds is 7. The van der Waals surface area contributed by atoms with Gasteiger partial charge in [-0.1, -0.05) is 23.4 Å². The van der Waals surface area contributed by atoms with E-state index in [1.165, 1.54) is 0 Å². The monoisotopic (exact) mass is 283 g/mol. The molecule has 0 radical (unpaired) electrons. The number of benzene rings is 1. The van der Waals surface area contributed by atoms with Crippen molar-refractivity contribution < 1.29 is 0 Å². The van der Waals surface area contributed by atoms with Crippen molar-refractivity contribution >= 4 is 0 Å². The van der Waals surface area contributed by atoms with E-state index < -0.39 is 0 Å². The Morgan fingerprint density at radius 1 is 1.14 bits per heavy atom. The molecule has 0 amide bonds. The molecule has 0 aliphatic heterocycles. The van der Waals surface area contributed by atoms with E-state index in [0.717, 1.165) is 30.9 Å². The minimum Gasteiger partial charge on any atom is -0.311 e. The van der Waals surface area contributed by atoms with Gasteiger partial charge in [-0.05, 0) is 25.1 Å². The maximum Gasteiger partial charge on any atom is 0.0969 e. The maximum absolute atomic E-state index is 4.44. The summed E-state index contributed by atoms with van der Waals surface area (Å²) in [6, 6.07) is 9.89. The van der Waals surface area contributed by atoms with Crippen LogP contribution in [-0.2, 0) is 13.1 Å². The normalized spacial score (nSPS) is 10.9. The topological polar surface area (TPSA) is 73.5 Å². The number of aryl methyl sites for hydroxylation is 1. The van der Waals surface area contributed by atoms with Crippen LogP contribution in [-0.4, -0.2) is 36.5 Å². The predicted molar refractivity (Wildman–Crippen MR) is 77.7 cm³/mol. The van der Waals surface area contributed by atoms with Crippen LogP contribution >= 0.6 is 0 Å². The van der Waals surface area contributed by atoms with E-state index in [0.29, 0.717) is 6.54 Å². The molecule has 0 bridgehead atoms. The molecule has 1 N–H and O–H groups in total. The lowest BCUT2D eigenvalue weighted by Crippen LogP contribution is -2.17. The van der Waals surface area contributed by atoms with E-state index >= 15 is 0 Å². The molecule has 0 aliphatic carbocycles. The van der Waals surface area contributed by atoms with Gasteiger partial charge in [0.15, 0.2) is 0 Å². The van der Waals surface area contributed by atoms with E-state index in [9.17, 15) is 0 Å². The van der Waals surface area contributed by atoms with E-state index in [1.54, 1.807) is 17.2 Å². The smallest absolute Gasteiger partial charge is 0.0969 e. The lowest BCUT2D eigenvalue weighted by molar-refractivity contribution is 0.527. The number of nitrogens with zero attached hydrogens (tertiary/aromatic N) is 6. The molecule has 0 atom stereocenters. The molecule has 3 aromatic rings. The van der Waals surface area contributed by atoms with Gasteiger partial charge in [0.25, 0.3) is 0 Å². The van der Waals surface area contributed by atoms with Crippen LogP contribution in [0.3, 0.4) is 0 Å². The zero-order valence-electron chi connectivity index (χ0n) is 11.6. The summed E-state index contributed by atoms with van der Waals surface area (Å²) >= 11 is 0. The fourth-order valence-electron chi connectivity index (χ4n) is 2.00. The number of nitrogens with one attached hydrogen (secondary N) is 1. The van der Waals surface area contributed by atoms with Crippen molar-refractivity contribution in [3.8, 4) is 5.69 Å². The van der Waals surface area contributed by atoms with Gasteiger partial charge in [0.05, 0.1) is 23.8 Å². The second-order valence-electron chi connectivity index (χ2n) is 4.66. The Balaban J connectivity index is 1.43. The summed E-state index contributed by atoms with van der Waals surface area (Å²) in [5.74, 6) is 0. The van der Waals surface area contributed by atoms with Crippen LogP contribution in [0.15, 0.2) is 48.9 Å². The predicted octanol–water partition coefficient (Wildman–Crippen LogP) is 1.04. The number of aromatic nitrogens is 6. The molecule has 1 aromatic carbocycles. The molecule has 108 valence electrons. The summed E-state index contributed by atoms with van der Waals surface area (Å²) < 4.78 is 1.83. The molecular formula is C14H17N7. The first kappa shape index (κ1) is 13.4. The van der Waals surface area contributed by atoms with Gasteiger partial charge in [0.2, 0.25) is 0 Å². The third-order valence-electron chi connectivity index (χ3n) is 3.05. The third kappa shape index (κ3) is 3.73. The summed E-state index contributed by atoms with van der Waals surface area (Å²) in [5.41, 5.74) is 1.90. The van der Waals surface area contributed by atoms with E-state index in [1.807, 2.05) is 41.2 Å². The van der Waals surface area contributed by atoms with E-state index in [4.69, 9.17) is 0 Å². The van der Waals surface area contributed by atoms with Crippen LogP contribution in [0.5, 0.6) is 0 Å². The zero-order valence-corrected chi connectivity index (χ0v) is 11.6. The van der Waals surface area contributed by atoms with Crippen molar-refractivity contribution in [1.29, 1.82) is 0 Å². The molecule has 0 saturated heterocycles. The number of para-hydroxylation sites is 1. The summed E-state index contributed by atoms with van der Waals surface area (Å²) in [7, 11) is 0. The van der Waals surface area contributed by atoms with E-state index in [2.05, 4.69) is 25.8 Å². The van der Waals surface area contributed by atoms with Gasteiger partial charge >= 0.3 is 0 Å². The quantitative estimate of drug-likeness (QED) is 0.656. The molecule has 21 heavy (non-hydrogen) atoms. The van der Waals surface area contributed by atoms with Crippen LogP contribution < -0.4 is 5.32 Å². The SMILES string of the molecule is c1ccc(-n2ncc(CNCCCn3ccnn3)n2)cc1. The minimum atomic E-state index is 0.712. The Bertz CT molecular complexity index is 645. The second-order valence-corrected chi connectivity index (χ2v) is 4.66. The van der Waals surface area contributed by atoms with Crippen molar-refractivity contribution in [1.82, 2.24) is 35.3 Å². The lowest BCUT2D eigenvalue weighted by atomic mass is 10.3. The molecule has 0 spiro atoms. The fraction of sp³-hybridized carbons (Fsp3) is 0.286.